The van der Waals surface area contributed by atoms with E-state index in [4.69, 9.17) is 0 Å². The van der Waals surface area contributed by atoms with Gasteiger partial charge in [0, 0.05) is 21.1 Å². The molecule has 112 valence electrons. The zero-order valence-electron chi connectivity index (χ0n) is 12.8. The molecule has 1 aromatic rings. The molecule has 0 aliphatic heterocycles. The van der Waals surface area contributed by atoms with Crippen molar-refractivity contribution < 1.29 is 9.90 Å². The molecule has 0 aromatic carbocycles. The average molecular weight is 280 g/mol. The molecule has 1 rings (SSSR count). The molecule has 0 bridgehead atoms. The summed E-state index contributed by atoms with van der Waals surface area (Å²) in [5, 5.41) is 12.5. The van der Waals surface area contributed by atoms with Crippen LogP contribution in [0.4, 0.5) is 10.6 Å². The van der Waals surface area contributed by atoms with E-state index >= 15 is 0 Å². The second-order valence-electron chi connectivity index (χ2n) is 5.71. The minimum absolute atomic E-state index is 0.232. The molecule has 0 aliphatic rings. The Labute approximate surface area is 120 Å². The molecule has 0 spiro atoms. The molecule has 2 N–H and O–H groups in total. The lowest BCUT2D eigenvalue weighted by atomic mass is 10.1. The second kappa shape index (κ2) is 6.56. The number of pyridine rings is 1. The normalized spacial score (nSPS) is 11.1. The van der Waals surface area contributed by atoms with E-state index in [1.165, 1.54) is 4.90 Å². The van der Waals surface area contributed by atoms with E-state index in [1.54, 1.807) is 20.9 Å². The number of rotatable bonds is 5. The molecule has 0 saturated carbocycles. The lowest BCUT2D eigenvalue weighted by Gasteiger charge is -2.25. The van der Waals surface area contributed by atoms with Crippen molar-refractivity contribution in [2.24, 2.45) is 0 Å². The summed E-state index contributed by atoms with van der Waals surface area (Å²) in [5.74, 6) is 0.849. The van der Waals surface area contributed by atoms with Crippen LogP contribution in [-0.2, 0) is 6.54 Å². The van der Waals surface area contributed by atoms with Crippen LogP contribution >= 0.6 is 0 Å². The van der Waals surface area contributed by atoms with Crippen LogP contribution in [0.2, 0.25) is 0 Å². The van der Waals surface area contributed by atoms with Crippen molar-refractivity contribution >= 4 is 11.8 Å². The van der Waals surface area contributed by atoms with Crippen LogP contribution < -0.4 is 10.2 Å². The van der Waals surface area contributed by atoms with Gasteiger partial charge in [-0.25, -0.2) is 9.78 Å². The zero-order valence-corrected chi connectivity index (χ0v) is 12.8. The van der Waals surface area contributed by atoms with Crippen LogP contribution in [0.5, 0.6) is 0 Å². The number of carbonyl (C=O) groups excluding carboxylic acids is 1. The summed E-state index contributed by atoms with van der Waals surface area (Å²) >= 11 is 0. The first-order valence-corrected chi connectivity index (χ1v) is 6.53. The van der Waals surface area contributed by atoms with Crippen LogP contribution in [0.3, 0.4) is 0 Å². The van der Waals surface area contributed by atoms with Gasteiger partial charge in [0.15, 0.2) is 0 Å². The summed E-state index contributed by atoms with van der Waals surface area (Å²) in [7, 11) is 5.49. The molecule has 6 nitrogen and oxygen atoms in total. The zero-order chi connectivity index (χ0) is 15.3. The molecule has 0 aliphatic carbocycles. The highest BCUT2D eigenvalue weighted by atomic mass is 16.3. The third-order valence-electron chi connectivity index (χ3n) is 2.64. The van der Waals surface area contributed by atoms with Crippen LogP contribution in [0.15, 0.2) is 18.2 Å². The summed E-state index contributed by atoms with van der Waals surface area (Å²) in [6.45, 7) is 3.96. The van der Waals surface area contributed by atoms with Gasteiger partial charge >= 0.3 is 6.03 Å². The Kier molecular flexibility index (Phi) is 5.33. The van der Waals surface area contributed by atoms with Crippen molar-refractivity contribution in [3.8, 4) is 0 Å². The van der Waals surface area contributed by atoms with Crippen molar-refractivity contribution in [3.63, 3.8) is 0 Å². The summed E-state index contributed by atoms with van der Waals surface area (Å²) < 4.78 is 0. The number of nitrogens with one attached hydrogen (secondary N) is 1. The second-order valence-corrected chi connectivity index (χ2v) is 5.71. The molecule has 2 amide bonds. The van der Waals surface area contributed by atoms with Crippen molar-refractivity contribution in [2.45, 2.75) is 26.0 Å². The number of aromatic nitrogens is 1. The molecule has 0 unspecified atom stereocenters. The number of urea groups is 1. The molecule has 0 fully saturated rings. The molecule has 6 heteroatoms. The number of carbonyl (C=O) groups is 1. The molecule has 0 saturated heterocycles. The first-order chi connectivity index (χ1) is 9.19. The first-order valence-electron chi connectivity index (χ1n) is 6.53. The number of hydrogen-bond donors (Lipinski definition) is 2. The lowest BCUT2D eigenvalue weighted by molar-refractivity contribution is 0.0531. The fourth-order valence-electron chi connectivity index (χ4n) is 1.77. The summed E-state index contributed by atoms with van der Waals surface area (Å²) in [6.07, 6.45) is 0. The van der Waals surface area contributed by atoms with Gasteiger partial charge in [-0.05, 0) is 26.0 Å². The van der Waals surface area contributed by atoms with Gasteiger partial charge in [-0.1, -0.05) is 6.07 Å². The molecule has 20 heavy (non-hydrogen) atoms. The fraction of sp³-hybridized carbons (Fsp3) is 0.571. The number of aliphatic hydroxyl groups is 1. The Balaban J connectivity index is 2.54. The van der Waals surface area contributed by atoms with Gasteiger partial charge in [0.25, 0.3) is 0 Å². The molecule has 0 atom stereocenters. The Bertz CT molecular complexity index is 455. The van der Waals surface area contributed by atoms with E-state index in [2.05, 4.69) is 10.3 Å². The highest BCUT2D eigenvalue weighted by Gasteiger charge is 2.19. The minimum atomic E-state index is -0.908. The maximum atomic E-state index is 11.9. The van der Waals surface area contributed by atoms with Crippen LogP contribution in [-0.4, -0.2) is 54.3 Å². The quantitative estimate of drug-likeness (QED) is 0.846. The Morgan fingerprint density at radius 2 is 2.00 bits per heavy atom. The predicted molar refractivity (Wildman–Crippen MR) is 79.7 cm³/mol. The van der Waals surface area contributed by atoms with E-state index in [1.807, 2.05) is 37.2 Å². The number of likely N-dealkylation sites (N-methyl/N-ethyl adjacent to an activating group) is 1. The first kappa shape index (κ1) is 16.2. The van der Waals surface area contributed by atoms with E-state index in [9.17, 15) is 9.90 Å². The molecular formula is C14H24N4O2. The monoisotopic (exact) mass is 280 g/mol. The van der Waals surface area contributed by atoms with Gasteiger partial charge in [-0.3, -0.25) is 0 Å². The molecule has 1 aromatic heterocycles. The van der Waals surface area contributed by atoms with Crippen molar-refractivity contribution in [1.29, 1.82) is 0 Å². The van der Waals surface area contributed by atoms with Gasteiger partial charge in [0.2, 0.25) is 0 Å². The largest absolute Gasteiger partial charge is 0.389 e. The van der Waals surface area contributed by atoms with Gasteiger partial charge in [0.1, 0.15) is 5.82 Å². The standard InChI is InChI=1S/C14H24N4O2/c1-14(2,20)10-18(5)13(19)15-9-11-7-6-8-12(16-11)17(3)4/h6-8,20H,9-10H2,1-5H3,(H,15,19). The van der Waals surface area contributed by atoms with E-state index in [0.29, 0.717) is 6.54 Å². The van der Waals surface area contributed by atoms with Crippen molar-refractivity contribution in [1.82, 2.24) is 15.2 Å². The van der Waals surface area contributed by atoms with E-state index in [0.717, 1.165) is 11.5 Å². The number of nitrogens with zero attached hydrogens (tertiary/aromatic N) is 3. The van der Waals surface area contributed by atoms with Crippen LogP contribution in [0.25, 0.3) is 0 Å². The smallest absolute Gasteiger partial charge is 0.317 e. The van der Waals surface area contributed by atoms with Crippen LogP contribution in [0.1, 0.15) is 19.5 Å². The number of amides is 2. The van der Waals surface area contributed by atoms with Crippen molar-refractivity contribution in [2.75, 3.05) is 32.6 Å². The Hall–Kier alpha value is -1.82. The number of anilines is 1. The Morgan fingerprint density at radius 3 is 2.55 bits per heavy atom. The highest BCUT2D eigenvalue weighted by Crippen LogP contribution is 2.08. The maximum Gasteiger partial charge on any atom is 0.317 e. The fourth-order valence-corrected chi connectivity index (χ4v) is 1.77. The minimum Gasteiger partial charge on any atom is -0.389 e. The van der Waals surface area contributed by atoms with E-state index < -0.39 is 5.60 Å². The Morgan fingerprint density at radius 1 is 1.35 bits per heavy atom. The van der Waals surface area contributed by atoms with Gasteiger partial charge in [0.05, 0.1) is 24.4 Å². The third kappa shape index (κ3) is 5.44. The summed E-state index contributed by atoms with van der Waals surface area (Å²) in [4.78, 5) is 19.7. The molecular weight excluding hydrogens is 256 g/mol. The maximum absolute atomic E-state index is 11.9. The average Bonchev–Trinajstić information content (AvgIpc) is 2.34. The third-order valence-corrected chi connectivity index (χ3v) is 2.64. The highest BCUT2D eigenvalue weighted by molar-refractivity contribution is 5.73. The number of hydrogen-bond acceptors (Lipinski definition) is 4. The SMILES string of the molecule is CN(CC(C)(C)O)C(=O)NCc1cccc(N(C)C)n1. The van der Waals surface area contributed by atoms with Gasteiger partial charge < -0.3 is 20.2 Å². The van der Waals surface area contributed by atoms with Gasteiger partial charge in [-0.2, -0.15) is 0 Å². The van der Waals surface area contributed by atoms with Crippen LogP contribution in [0, 0.1) is 0 Å². The van der Waals surface area contributed by atoms with Crippen molar-refractivity contribution in [3.05, 3.63) is 23.9 Å². The topological polar surface area (TPSA) is 68.7 Å². The summed E-state index contributed by atoms with van der Waals surface area (Å²) in [5.41, 5.74) is -0.115. The molecule has 1 heterocycles. The summed E-state index contributed by atoms with van der Waals surface area (Å²) in [6, 6.07) is 5.45. The lowest BCUT2D eigenvalue weighted by Crippen LogP contribution is -2.44. The van der Waals surface area contributed by atoms with E-state index in [-0.39, 0.29) is 12.6 Å². The predicted octanol–water partition coefficient (Wildman–Crippen LogP) is 1.06. The molecule has 0 radical (unpaired) electrons. The van der Waals surface area contributed by atoms with Gasteiger partial charge in [-0.15, -0.1) is 0 Å².